The molecule has 2 fully saturated rings. The molecule has 0 saturated carbocycles. The fraction of sp³-hybridized carbons (Fsp3) is 0.300. The Bertz CT molecular complexity index is 1890. The lowest BCUT2D eigenvalue weighted by Gasteiger charge is -2.42. The molecule has 9 nitrogen and oxygen atoms in total. The summed E-state index contributed by atoms with van der Waals surface area (Å²) in [6.45, 7) is 2.85. The van der Waals surface area contributed by atoms with Gasteiger partial charge >= 0.3 is 0 Å². The molecule has 3 amide bonds. The maximum absolute atomic E-state index is 14.4. The van der Waals surface area contributed by atoms with Gasteiger partial charge in [-0.15, -0.1) is 0 Å². The lowest BCUT2D eigenvalue weighted by molar-refractivity contribution is -0.152. The molecule has 2 aliphatic heterocycles. The third kappa shape index (κ3) is 7.73. The summed E-state index contributed by atoms with van der Waals surface area (Å²) in [7, 11) is 0. The smallest absolute Gasteiger partial charge is 0.246 e. The van der Waals surface area contributed by atoms with Crippen molar-refractivity contribution in [3.05, 3.63) is 127 Å². The standard InChI is InChI=1S/C40H42N6O3/c47-38(27-44-21-20-42-28-44)45(24-30-16-18-41-19-17-30)26-37-39(48)43-36(23-31-12-15-33-8-4-5-9-35(33)22-31)40(49)46(37)25-29-10-13-34(14-11-29)32-6-2-1-3-7-32/h1-15,20-22,28,30,36-37,41H,16-19,23-27H2,(H,43,48). The van der Waals surface area contributed by atoms with E-state index in [1.807, 2.05) is 48.5 Å². The van der Waals surface area contributed by atoms with Gasteiger partial charge in [0.2, 0.25) is 17.7 Å². The Morgan fingerprint density at radius 2 is 1.53 bits per heavy atom. The molecule has 0 radical (unpaired) electrons. The Kier molecular flexibility index (Phi) is 9.79. The molecule has 49 heavy (non-hydrogen) atoms. The topological polar surface area (TPSA) is 99.6 Å². The zero-order chi connectivity index (χ0) is 33.6. The Morgan fingerprint density at radius 3 is 2.29 bits per heavy atom. The highest BCUT2D eigenvalue weighted by Crippen LogP contribution is 2.24. The van der Waals surface area contributed by atoms with Crippen molar-refractivity contribution in [3.8, 4) is 11.1 Å². The van der Waals surface area contributed by atoms with Crippen LogP contribution in [-0.2, 0) is 33.9 Å². The molecule has 2 unspecified atom stereocenters. The van der Waals surface area contributed by atoms with Gasteiger partial charge in [0.05, 0.1) is 12.9 Å². The summed E-state index contributed by atoms with van der Waals surface area (Å²) < 4.78 is 1.75. The first-order valence-electron chi connectivity index (χ1n) is 17.2. The van der Waals surface area contributed by atoms with Gasteiger partial charge in [0.1, 0.15) is 18.6 Å². The van der Waals surface area contributed by atoms with Crippen molar-refractivity contribution in [2.75, 3.05) is 26.2 Å². The minimum Gasteiger partial charge on any atom is -0.342 e. The van der Waals surface area contributed by atoms with Crippen LogP contribution >= 0.6 is 0 Å². The van der Waals surface area contributed by atoms with Crippen molar-refractivity contribution >= 4 is 28.5 Å². The van der Waals surface area contributed by atoms with Gasteiger partial charge in [-0.1, -0.05) is 97.1 Å². The maximum atomic E-state index is 14.4. The number of imidazole rings is 1. The van der Waals surface area contributed by atoms with E-state index < -0.39 is 12.1 Å². The number of carbonyl (C=O) groups excluding carboxylic acids is 3. The number of nitrogens with one attached hydrogen (secondary N) is 2. The van der Waals surface area contributed by atoms with Crippen molar-refractivity contribution < 1.29 is 14.4 Å². The van der Waals surface area contributed by atoms with Crippen LogP contribution < -0.4 is 10.6 Å². The molecule has 250 valence electrons. The summed E-state index contributed by atoms with van der Waals surface area (Å²) in [5.74, 6) is -0.164. The number of rotatable bonds is 11. The van der Waals surface area contributed by atoms with Gasteiger partial charge in [0.25, 0.3) is 0 Å². The molecule has 4 aromatic carbocycles. The number of benzene rings is 4. The third-order valence-electron chi connectivity index (χ3n) is 9.80. The molecule has 0 bridgehead atoms. The van der Waals surface area contributed by atoms with Crippen molar-refractivity contribution in [3.63, 3.8) is 0 Å². The van der Waals surface area contributed by atoms with Crippen LogP contribution in [0.1, 0.15) is 24.0 Å². The highest BCUT2D eigenvalue weighted by Gasteiger charge is 2.42. The molecule has 2 aliphatic rings. The second-order valence-electron chi connectivity index (χ2n) is 13.2. The second-order valence-corrected chi connectivity index (χ2v) is 13.2. The van der Waals surface area contributed by atoms with E-state index in [1.165, 1.54) is 0 Å². The van der Waals surface area contributed by atoms with Crippen LogP contribution in [0.3, 0.4) is 0 Å². The van der Waals surface area contributed by atoms with Gasteiger partial charge in [0, 0.05) is 31.9 Å². The van der Waals surface area contributed by atoms with E-state index >= 15 is 0 Å². The predicted molar refractivity (Wildman–Crippen MR) is 190 cm³/mol. The molecular formula is C40H42N6O3. The van der Waals surface area contributed by atoms with Crippen LogP contribution in [-0.4, -0.2) is 75.3 Å². The zero-order valence-electron chi connectivity index (χ0n) is 27.6. The van der Waals surface area contributed by atoms with E-state index in [4.69, 9.17) is 0 Å². The Labute approximate surface area is 286 Å². The number of nitrogens with zero attached hydrogens (tertiary/aromatic N) is 4. The van der Waals surface area contributed by atoms with E-state index in [-0.39, 0.29) is 37.4 Å². The number of carbonyl (C=O) groups is 3. The molecule has 2 atom stereocenters. The van der Waals surface area contributed by atoms with Crippen LogP contribution in [0.15, 0.2) is 116 Å². The van der Waals surface area contributed by atoms with Crippen LogP contribution in [0.25, 0.3) is 21.9 Å². The largest absolute Gasteiger partial charge is 0.342 e. The molecule has 0 aliphatic carbocycles. The molecule has 9 heteroatoms. The molecule has 7 rings (SSSR count). The summed E-state index contributed by atoms with van der Waals surface area (Å²) >= 11 is 0. The Balaban J connectivity index is 1.16. The number of amides is 3. The monoisotopic (exact) mass is 654 g/mol. The third-order valence-corrected chi connectivity index (χ3v) is 9.80. The fourth-order valence-corrected chi connectivity index (χ4v) is 7.06. The minimum absolute atomic E-state index is 0.0952. The second kappa shape index (κ2) is 14.9. The normalized spacial score (nSPS) is 18.4. The zero-order valence-corrected chi connectivity index (χ0v) is 27.6. The number of hydrogen-bond acceptors (Lipinski definition) is 5. The highest BCUT2D eigenvalue weighted by atomic mass is 16.2. The molecule has 2 saturated heterocycles. The Hall–Kier alpha value is -5.28. The minimum atomic E-state index is -0.831. The van der Waals surface area contributed by atoms with Gasteiger partial charge in [-0.2, -0.15) is 0 Å². The number of piperidine rings is 1. The highest BCUT2D eigenvalue weighted by molar-refractivity contribution is 5.97. The van der Waals surface area contributed by atoms with Crippen molar-refractivity contribution in [2.24, 2.45) is 5.92 Å². The van der Waals surface area contributed by atoms with E-state index in [2.05, 4.69) is 64.1 Å². The molecule has 1 aromatic heterocycles. The summed E-state index contributed by atoms with van der Waals surface area (Å²) in [4.78, 5) is 49.9. The molecule has 5 aromatic rings. The summed E-state index contributed by atoms with van der Waals surface area (Å²) in [6, 6.07) is 31.0. The van der Waals surface area contributed by atoms with Crippen molar-refractivity contribution in [1.82, 2.24) is 30.0 Å². The number of fused-ring (bicyclic) bond motifs is 1. The molecular weight excluding hydrogens is 612 g/mol. The first-order valence-corrected chi connectivity index (χ1v) is 17.2. The van der Waals surface area contributed by atoms with Crippen LogP contribution in [0.5, 0.6) is 0 Å². The fourth-order valence-electron chi connectivity index (χ4n) is 7.06. The SMILES string of the molecule is O=C1NC(Cc2ccc3ccccc3c2)C(=O)N(Cc2ccc(-c3ccccc3)cc2)C1CN(CC1CCNCC1)C(=O)Cn1ccnc1. The average molecular weight is 655 g/mol. The molecule has 2 N–H and O–H groups in total. The number of hydrogen-bond donors (Lipinski definition) is 2. The maximum Gasteiger partial charge on any atom is 0.246 e. The van der Waals surface area contributed by atoms with Crippen molar-refractivity contribution in [1.29, 1.82) is 0 Å². The molecule has 0 spiro atoms. The lowest BCUT2D eigenvalue weighted by Crippen LogP contribution is -2.66. The van der Waals surface area contributed by atoms with E-state index in [0.29, 0.717) is 18.9 Å². The van der Waals surface area contributed by atoms with Gasteiger partial charge in [-0.05, 0) is 64.9 Å². The van der Waals surface area contributed by atoms with Gasteiger partial charge < -0.3 is 25.0 Å². The van der Waals surface area contributed by atoms with Crippen molar-refractivity contribution in [2.45, 2.75) is 44.4 Å². The summed E-state index contributed by atoms with van der Waals surface area (Å²) in [5, 5.41) is 8.67. The Morgan fingerprint density at radius 1 is 0.816 bits per heavy atom. The first-order chi connectivity index (χ1) is 24.0. The van der Waals surface area contributed by atoms with Crippen LogP contribution in [0, 0.1) is 5.92 Å². The quantitative estimate of drug-likeness (QED) is 0.216. The average Bonchev–Trinajstić information content (AvgIpc) is 3.65. The number of piperazine rings is 1. The van der Waals surface area contributed by atoms with E-state index in [9.17, 15) is 14.4 Å². The van der Waals surface area contributed by atoms with Crippen LogP contribution in [0.4, 0.5) is 0 Å². The first kappa shape index (κ1) is 32.3. The van der Waals surface area contributed by atoms with Gasteiger partial charge in [0.15, 0.2) is 0 Å². The van der Waals surface area contributed by atoms with Gasteiger partial charge in [-0.3, -0.25) is 14.4 Å². The van der Waals surface area contributed by atoms with Crippen LogP contribution in [0.2, 0.25) is 0 Å². The summed E-state index contributed by atoms with van der Waals surface area (Å²) in [5.41, 5.74) is 4.09. The van der Waals surface area contributed by atoms with E-state index in [0.717, 1.165) is 59.0 Å². The predicted octanol–water partition coefficient (Wildman–Crippen LogP) is 4.67. The summed E-state index contributed by atoms with van der Waals surface area (Å²) in [6.07, 6.45) is 7.33. The lowest BCUT2D eigenvalue weighted by atomic mass is 9.95. The van der Waals surface area contributed by atoms with Gasteiger partial charge in [-0.25, -0.2) is 4.98 Å². The van der Waals surface area contributed by atoms with E-state index in [1.54, 1.807) is 33.1 Å². The number of aromatic nitrogens is 2. The molecule has 3 heterocycles.